The fraction of sp³-hybridized carbons (Fsp3) is 0.250. The summed E-state index contributed by atoms with van der Waals surface area (Å²) in [4.78, 5) is 18.5. The Kier molecular flexibility index (Phi) is 5.90. The van der Waals surface area contributed by atoms with Crippen LogP contribution in [0.1, 0.15) is 36.4 Å². The highest BCUT2D eigenvalue weighted by molar-refractivity contribution is 7.80. The van der Waals surface area contributed by atoms with Crippen LogP contribution in [0.4, 0.5) is 0 Å². The summed E-state index contributed by atoms with van der Waals surface area (Å²) >= 11 is 5.50. The topological polar surface area (TPSA) is 45.2 Å². The van der Waals surface area contributed by atoms with E-state index in [1.165, 1.54) is 6.08 Å². The first-order valence-corrected chi connectivity index (χ1v) is 8.89. The summed E-state index contributed by atoms with van der Waals surface area (Å²) in [5.41, 5.74) is 2.12. The molecule has 5 heteroatoms. The Bertz CT molecular complexity index is 746. The Balaban J connectivity index is 1.64. The summed E-state index contributed by atoms with van der Waals surface area (Å²) in [7, 11) is 0. The summed E-state index contributed by atoms with van der Waals surface area (Å²) in [6.45, 7) is 0.848. The number of rotatable bonds is 3. The molecule has 1 atom stereocenters. The van der Waals surface area contributed by atoms with Crippen molar-refractivity contribution in [2.45, 2.75) is 25.3 Å². The standard InChI is InChI=1S/C20H21N3OS/c24-19(12-11-16-7-2-1-3-8-16)22-20(25)23-14-5-4-10-18(23)17-9-6-13-21-15-17/h1-3,6-9,11-13,15,18H,4-5,10,14H2,(H,22,24,25)/t18-/m0/s1. The third-order valence-corrected chi connectivity index (χ3v) is 4.63. The van der Waals surface area contributed by atoms with Crippen LogP contribution in [0, 0.1) is 0 Å². The lowest BCUT2D eigenvalue weighted by molar-refractivity contribution is -0.115. The molecular formula is C20H21N3OS. The smallest absolute Gasteiger partial charge is 0.250 e. The van der Waals surface area contributed by atoms with E-state index in [9.17, 15) is 4.79 Å². The molecule has 2 aromatic rings. The largest absolute Gasteiger partial charge is 0.342 e. The van der Waals surface area contributed by atoms with E-state index in [1.54, 1.807) is 12.3 Å². The first kappa shape index (κ1) is 17.3. The number of aromatic nitrogens is 1. The number of nitrogens with one attached hydrogen (secondary N) is 1. The molecule has 0 aliphatic carbocycles. The van der Waals surface area contributed by atoms with E-state index in [-0.39, 0.29) is 11.9 Å². The molecule has 1 aliphatic heterocycles. The van der Waals surface area contributed by atoms with Crippen LogP contribution in [0.3, 0.4) is 0 Å². The number of piperidine rings is 1. The molecule has 1 N–H and O–H groups in total. The van der Waals surface area contributed by atoms with Gasteiger partial charge in [0.15, 0.2) is 5.11 Å². The third-order valence-electron chi connectivity index (χ3n) is 4.29. The van der Waals surface area contributed by atoms with Gasteiger partial charge in [-0.05, 0) is 54.7 Å². The Morgan fingerprint density at radius 3 is 2.80 bits per heavy atom. The lowest BCUT2D eigenvalue weighted by Crippen LogP contribution is -2.46. The number of carbonyl (C=O) groups is 1. The number of pyridine rings is 1. The third kappa shape index (κ3) is 4.73. The Morgan fingerprint density at radius 1 is 1.20 bits per heavy atom. The minimum Gasteiger partial charge on any atom is -0.342 e. The molecule has 0 unspecified atom stereocenters. The second-order valence-corrected chi connectivity index (χ2v) is 6.42. The average Bonchev–Trinajstić information content (AvgIpc) is 2.68. The quantitative estimate of drug-likeness (QED) is 0.676. The number of likely N-dealkylation sites (tertiary alicyclic amines) is 1. The van der Waals surface area contributed by atoms with Crippen LogP contribution in [0.15, 0.2) is 60.9 Å². The lowest BCUT2D eigenvalue weighted by Gasteiger charge is -2.37. The van der Waals surface area contributed by atoms with Crippen LogP contribution in [0.5, 0.6) is 0 Å². The number of nitrogens with zero attached hydrogens (tertiary/aromatic N) is 2. The van der Waals surface area contributed by atoms with Gasteiger partial charge in [0, 0.05) is 25.0 Å². The molecule has 1 amide bonds. The lowest BCUT2D eigenvalue weighted by atomic mass is 9.97. The maximum absolute atomic E-state index is 12.2. The number of hydrogen-bond acceptors (Lipinski definition) is 3. The summed E-state index contributed by atoms with van der Waals surface area (Å²) in [5, 5.41) is 3.31. The van der Waals surface area contributed by atoms with Crippen LogP contribution in [-0.4, -0.2) is 27.4 Å². The van der Waals surface area contributed by atoms with Gasteiger partial charge in [0.05, 0.1) is 6.04 Å². The molecule has 2 heterocycles. The minimum absolute atomic E-state index is 0.174. The van der Waals surface area contributed by atoms with E-state index in [0.29, 0.717) is 5.11 Å². The molecule has 1 saturated heterocycles. The van der Waals surface area contributed by atoms with E-state index in [2.05, 4.69) is 21.3 Å². The number of amides is 1. The van der Waals surface area contributed by atoms with Gasteiger partial charge >= 0.3 is 0 Å². The number of hydrogen-bond donors (Lipinski definition) is 1. The maximum atomic E-state index is 12.2. The van der Waals surface area contributed by atoms with Gasteiger partial charge in [-0.25, -0.2) is 0 Å². The van der Waals surface area contributed by atoms with Gasteiger partial charge in [0.25, 0.3) is 0 Å². The Labute approximate surface area is 153 Å². The minimum atomic E-state index is -0.204. The van der Waals surface area contributed by atoms with Crippen molar-refractivity contribution in [2.24, 2.45) is 0 Å². The Morgan fingerprint density at radius 2 is 2.04 bits per heavy atom. The predicted octanol–water partition coefficient (Wildman–Crippen LogP) is 3.72. The van der Waals surface area contributed by atoms with Crippen molar-refractivity contribution in [1.82, 2.24) is 15.2 Å². The highest BCUT2D eigenvalue weighted by Gasteiger charge is 2.26. The van der Waals surface area contributed by atoms with Gasteiger partial charge in [-0.2, -0.15) is 0 Å². The van der Waals surface area contributed by atoms with E-state index in [1.807, 2.05) is 42.6 Å². The van der Waals surface area contributed by atoms with E-state index < -0.39 is 0 Å². The molecule has 25 heavy (non-hydrogen) atoms. The van der Waals surface area contributed by atoms with Crippen LogP contribution in [0.2, 0.25) is 0 Å². The maximum Gasteiger partial charge on any atom is 0.250 e. The van der Waals surface area contributed by atoms with Crippen molar-refractivity contribution in [3.63, 3.8) is 0 Å². The normalized spacial score (nSPS) is 17.4. The predicted molar refractivity (Wildman–Crippen MR) is 104 cm³/mol. The van der Waals surface area contributed by atoms with Crippen molar-refractivity contribution in [2.75, 3.05) is 6.54 Å². The molecule has 1 aromatic carbocycles. The fourth-order valence-corrected chi connectivity index (χ4v) is 3.37. The summed E-state index contributed by atoms with van der Waals surface area (Å²) < 4.78 is 0. The van der Waals surface area contributed by atoms with Crippen LogP contribution < -0.4 is 5.32 Å². The zero-order valence-electron chi connectivity index (χ0n) is 14.0. The molecule has 0 bridgehead atoms. The molecule has 128 valence electrons. The molecule has 0 spiro atoms. The van der Waals surface area contributed by atoms with Crippen molar-refractivity contribution in [1.29, 1.82) is 0 Å². The van der Waals surface area contributed by atoms with Crippen LogP contribution in [-0.2, 0) is 4.79 Å². The monoisotopic (exact) mass is 351 g/mol. The second kappa shape index (κ2) is 8.53. The average molecular weight is 351 g/mol. The van der Waals surface area contributed by atoms with Gasteiger partial charge in [-0.3, -0.25) is 15.1 Å². The number of benzene rings is 1. The Hall–Kier alpha value is -2.53. The fourth-order valence-electron chi connectivity index (χ4n) is 3.05. The molecule has 0 radical (unpaired) electrons. The zero-order valence-corrected chi connectivity index (χ0v) is 14.8. The SMILES string of the molecule is O=C(C=Cc1ccccc1)NC(=S)N1CCCC[C@H]1c1cccnc1. The molecule has 0 saturated carbocycles. The molecule has 4 nitrogen and oxygen atoms in total. The summed E-state index contributed by atoms with van der Waals surface area (Å²) in [5.74, 6) is -0.204. The molecule has 1 aromatic heterocycles. The molecule has 1 aliphatic rings. The molecule has 1 fully saturated rings. The summed E-state index contributed by atoms with van der Waals surface area (Å²) in [6.07, 6.45) is 10.2. The summed E-state index contributed by atoms with van der Waals surface area (Å²) in [6, 6.07) is 13.9. The van der Waals surface area contributed by atoms with Crippen molar-refractivity contribution in [3.8, 4) is 0 Å². The molecular weight excluding hydrogens is 330 g/mol. The van der Waals surface area contributed by atoms with Crippen molar-refractivity contribution < 1.29 is 4.79 Å². The van der Waals surface area contributed by atoms with Crippen LogP contribution >= 0.6 is 12.2 Å². The highest BCUT2D eigenvalue weighted by atomic mass is 32.1. The first-order valence-electron chi connectivity index (χ1n) is 8.48. The van der Waals surface area contributed by atoms with E-state index >= 15 is 0 Å². The first-order chi connectivity index (χ1) is 12.2. The second-order valence-electron chi connectivity index (χ2n) is 6.03. The van der Waals surface area contributed by atoms with Gasteiger partial charge in [-0.15, -0.1) is 0 Å². The highest BCUT2D eigenvalue weighted by Crippen LogP contribution is 2.30. The van der Waals surface area contributed by atoms with E-state index in [0.717, 1.165) is 36.9 Å². The van der Waals surface area contributed by atoms with E-state index in [4.69, 9.17) is 12.2 Å². The van der Waals surface area contributed by atoms with Gasteiger partial charge in [0.1, 0.15) is 0 Å². The zero-order chi connectivity index (χ0) is 17.5. The van der Waals surface area contributed by atoms with Crippen LogP contribution in [0.25, 0.3) is 6.08 Å². The number of thiocarbonyl (C=S) groups is 1. The molecule has 3 rings (SSSR count). The van der Waals surface area contributed by atoms with Crippen molar-refractivity contribution >= 4 is 29.3 Å². The van der Waals surface area contributed by atoms with Gasteiger partial charge in [-0.1, -0.05) is 36.4 Å². The van der Waals surface area contributed by atoms with Crippen molar-refractivity contribution in [3.05, 3.63) is 72.1 Å². The van der Waals surface area contributed by atoms with Gasteiger partial charge < -0.3 is 4.90 Å². The van der Waals surface area contributed by atoms with Gasteiger partial charge in [0.2, 0.25) is 5.91 Å². The number of carbonyl (C=O) groups excluding carboxylic acids is 1.